The van der Waals surface area contributed by atoms with Crippen LogP contribution in [0.3, 0.4) is 0 Å². The molecular formula is C26H26N4O4. The number of pyridine rings is 2. The van der Waals surface area contributed by atoms with Crippen LogP contribution in [0.25, 0.3) is 22.3 Å². The van der Waals surface area contributed by atoms with E-state index in [1.165, 1.54) is 4.90 Å². The molecule has 174 valence electrons. The molecule has 1 aliphatic heterocycles. The SMILES string of the molecule is CN1CC[C@@](O)(C#Cc2cccc(-c3ccc4nccc(NC(=O)OC(C)(C)C)c4n3)c2)C1=O. The molecule has 1 saturated heterocycles. The van der Waals surface area contributed by atoms with Gasteiger partial charge in [-0.05, 0) is 51.1 Å². The minimum absolute atomic E-state index is 0.279. The van der Waals surface area contributed by atoms with Crippen molar-refractivity contribution >= 4 is 28.7 Å². The summed E-state index contributed by atoms with van der Waals surface area (Å²) in [5.74, 6) is 5.27. The number of carbonyl (C=O) groups excluding carboxylic acids is 2. The van der Waals surface area contributed by atoms with Crippen LogP contribution in [0.15, 0.2) is 48.7 Å². The Bertz CT molecular complexity index is 1340. The van der Waals surface area contributed by atoms with Crippen LogP contribution in [0.1, 0.15) is 32.8 Å². The Morgan fingerprint density at radius 3 is 2.74 bits per heavy atom. The summed E-state index contributed by atoms with van der Waals surface area (Å²) in [6.45, 7) is 5.85. The minimum Gasteiger partial charge on any atom is -0.444 e. The molecule has 2 N–H and O–H groups in total. The molecule has 0 bridgehead atoms. The summed E-state index contributed by atoms with van der Waals surface area (Å²) in [4.78, 5) is 35.0. The van der Waals surface area contributed by atoms with E-state index < -0.39 is 17.3 Å². The zero-order valence-corrected chi connectivity index (χ0v) is 19.5. The highest BCUT2D eigenvalue weighted by molar-refractivity contribution is 5.97. The molecule has 0 saturated carbocycles. The van der Waals surface area contributed by atoms with Crippen molar-refractivity contribution in [2.45, 2.75) is 38.4 Å². The van der Waals surface area contributed by atoms with Crippen molar-refractivity contribution in [3.8, 4) is 23.1 Å². The molecule has 0 aliphatic carbocycles. The maximum absolute atomic E-state index is 12.3. The highest BCUT2D eigenvalue weighted by atomic mass is 16.6. The van der Waals surface area contributed by atoms with E-state index in [2.05, 4.69) is 22.1 Å². The lowest BCUT2D eigenvalue weighted by Gasteiger charge is -2.20. The van der Waals surface area contributed by atoms with Gasteiger partial charge in [0.2, 0.25) is 5.60 Å². The highest BCUT2D eigenvalue weighted by Gasteiger charge is 2.42. The Morgan fingerprint density at radius 1 is 1.24 bits per heavy atom. The van der Waals surface area contributed by atoms with Crippen LogP contribution in [0.4, 0.5) is 10.5 Å². The maximum atomic E-state index is 12.3. The van der Waals surface area contributed by atoms with Crippen LogP contribution in [-0.2, 0) is 9.53 Å². The Hall–Kier alpha value is -3.96. The van der Waals surface area contributed by atoms with E-state index in [0.29, 0.717) is 34.5 Å². The molecule has 2 aromatic heterocycles. The van der Waals surface area contributed by atoms with E-state index >= 15 is 0 Å². The Labute approximate surface area is 198 Å². The number of aliphatic hydroxyl groups is 1. The quantitative estimate of drug-likeness (QED) is 0.569. The number of hydrogen-bond donors (Lipinski definition) is 2. The summed E-state index contributed by atoms with van der Waals surface area (Å²) >= 11 is 0. The van der Waals surface area contributed by atoms with Gasteiger partial charge in [0.25, 0.3) is 5.91 Å². The van der Waals surface area contributed by atoms with E-state index in [1.807, 2.05) is 30.3 Å². The highest BCUT2D eigenvalue weighted by Crippen LogP contribution is 2.26. The number of nitrogens with zero attached hydrogens (tertiary/aromatic N) is 3. The molecule has 0 radical (unpaired) electrons. The Balaban J connectivity index is 1.64. The summed E-state index contributed by atoms with van der Waals surface area (Å²) in [6, 6.07) is 12.7. The smallest absolute Gasteiger partial charge is 0.412 e. The predicted molar refractivity (Wildman–Crippen MR) is 129 cm³/mol. The van der Waals surface area contributed by atoms with E-state index in [0.717, 1.165) is 5.56 Å². The molecule has 1 atom stereocenters. The first-order valence-electron chi connectivity index (χ1n) is 10.9. The van der Waals surface area contributed by atoms with Gasteiger partial charge < -0.3 is 14.7 Å². The van der Waals surface area contributed by atoms with Crippen molar-refractivity contribution in [3.05, 3.63) is 54.2 Å². The van der Waals surface area contributed by atoms with Gasteiger partial charge in [-0.1, -0.05) is 24.0 Å². The first kappa shape index (κ1) is 23.2. The monoisotopic (exact) mass is 458 g/mol. The number of ether oxygens (including phenoxy) is 1. The lowest BCUT2D eigenvalue weighted by Crippen LogP contribution is -2.37. The number of carbonyl (C=O) groups is 2. The number of nitrogens with one attached hydrogen (secondary N) is 1. The van der Waals surface area contributed by atoms with Crippen molar-refractivity contribution in [1.29, 1.82) is 0 Å². The van der Waals surface area contributed by atoms with Gasteiger partial charge in [-0.15, -0.1) is 0 Å². The van der Waals surface area contributed by atoms with E-state index in [-0.39, 0.29) is 12.3 Å². The largest absolute Gasteiger partial charge is 0.444 e. The second-order valence-electron chi connectivity index (χ2n) is 9.22. The van der Waals surface area contributed by atoms with Crippen molar-refractivity contribution in [2.75, 3.05) is 18.9 Å². The third-order valence-electron chi connectivity index (χ3n) is 5.30. The van der Waals surface area contributed by atoms with Crippen LogP contribution < -0.4 is 5.32 Å². The van der Waals surface area contributed by atoms with E-state index in [4.69, 9.17) is 9.72 Å². The second-order valence-corrected chi connectivity index (χ2v) is 9.22. The first-order valence-corrected chi connectivity index (χ1v) is 10.9. The standard InChI is InChI=1S/C26H26N4O4/c1-25(2,3)34-24(32)29-21-11-14-27-20-9-8-19(28-22(20)21)18-7-5-6-17(16-18)10-12-26(33)13-15-30(4)23(26)31/h5-9,11,14,16,33H,13,15H2,1-4H3,(H,27,29,32)/t26-/m0/s1. The number of hydrogen-bond acceptors (Lipinski definition) is 6. The zero-order chi connectivity index (χ0) is 24.5. The molecule has 0 spiro atoms. The van der Waals surface area contributed by atoms with Crippen LogP contribution in [0, 0.1) is 11.8 Å². The third-order valence-corrected chi connectivity index (χ3v) is 5.30. The van der Waals surface area contributed by atoms with Crippen LogP contribution in [-0.4, -0.2) is 56.8 Å². The van der Waals surface area contributed by atoms with Gasteiger partial charge in [-0.3, -0.25) is 15.1 Å². The number of anilines is 1. The third kappa shape index (κ3) is 5.00. The van der Waals surface area contributed by atoms with E-state index in [9.17, 15) is 14.7 Å². The van der Waals surface area contributed by atoms with Gasteiger partial charge in [0, 0.05) is 37.3 Å². The van der Waals surface area contributed by atoms with E-state index in [1.54, 1.807) is 46.1 Å². The predicted octanol–water partition coefficient (Wildman–Crippen LogP) is 3.59. The van der Waals surface area contributed by atoms with Crippen LogP contribution in [0.2, 0.25) is 0 Å². The lowest BCUT2D eigenvalue weighted by atomic mass is 10.0. The molecule has 8 nitrogen and oxygen atoms in total. The van der Waals surface area contributed by atoms with Gasteiger partial charge in [0.05, 0.1) is 16.9 Å². The van der Waals surface area contributed by atoms with Crippen LogP contribution in [0.5, 0.6) is 0 Å². The summed E-state index contributed by atoms with van der Waals surface area (Å²) in [5, 5.41) is 13.3. The minimum atomic E-state index is -1.65. The number of aromatic nitrogens is 2. The van der Waals surface area contributed by atoms with Gasteiger partial charge in [0.15, 0.2) is 0 Å². The fourth-order valence-corrected chi connectivity index (χ4v) is 3.60. The fraction of sp³-hybridized carbons (Fsp3) is 0.308. The Morgan fingerprint density at radius 2 is 2.03 bits per heavy atom. The molecule has 4 rings (SSSR count). The van der Waals surface area contributed by atoms with Gasteiger partial charge in [-0.25, -0.2) is 9.78 Å². The molecule has 1 fully saturated rings. The molecule has 2 amide bonds. The molecule has 0 unspecified atom stereocenters. The average Bonchev–Trinajstić information content (AvgIpc) is 3.04. The molecular weight excluding hydrogens is 432 g/mol. The van der Waals surface area contributed by atoms with Crippen molar-refractivity contribution < 1.29 is 19.4 Å². The average molecular weight is 459 g/mol. The summed E-state index contributed by atoms with van der Waals surface area (Å²) in [6.07, 6.45) is 1.30. The molecule has 1 aliphatic rings. The summed E-state index contributed by atoms with van der Waals surface area (Å²) in [7, 11) is 1.65. The number of fused-ring (bicyclic) bond motifs is 1. The van der Waals surface area contributed by atoms with Gasteiger partial charge in [-0.2, -0.15) is 0 Å². The number of amides is 2. The van der Waals surface area contributed by atoms with Gasteiger partial charge in [0.1, 0.15) is 11.1 Å². The summed E-state index contributed by atoms with van der Waals surface area (Å²) in [5.41, 5.74) is 1.46. The number of likely N-dealkylation sites (tertiary alicyclic amines) is 1. The van der Waals surface area contributed by atoms with Crippen molar-refractivity contribution in [2.24, 2.45) is 0 Å². The van der Waals surface area contributed by atoms with Crippen LogP contribution >= 0.6 is 0 Å². The molecule has 1 aromatic carbocycles. The lowest BCUT2D eigenvalue weighted by molar-refractivity contribution is -0.137. The van der Waals surface area contributed by atoms with Crippen molar-refractivity contribution in [1.82, 2.24) is 14.9 Å². The maximum Gasteiger partial charge on any atom is 0.412 e. The second kappa shape index (κ2) is 8.76. The molecule has 8 heteroatoms. The Kier molecular flexibility index (Phi) is 5.98. The molecule has 3 aromatic rings. The first-order chi connectivity index (χ1) is 16.0. The zero-order valence-electron chi connectivity index (χ0n) is 19.5. The topological polar surface area (TPSA) is 105 Å². The summed E-state index contributed by atoms with van der Waals surface area (Å²) < 4.78 is 5.35. The number of rotatable bonds is 2. The molecule has 34 heavy (non-hydrogen) atoms. The van der Waals surface area contributed by atoms with Gasteiger partial charge >= 0.3 is 6.09 Å². The normalized spacial score (nSPS) is 17.9. The molecule has 3 heterocycles. The number of likely N-dealkylation sites (N-methyl/N-ethyl adjacent to an activating group) is 1. The van der Waals surface area contributed by atoms with Crippen molar-refractivity contribution in [3.63, 3.8) is 0 Å². The number of benzene rings is 1. The fourth-order valence-electron chi connectivity index (χ4n) is 3.60.